The fourth-order valence-corrected chi connectivity index (χ4v) is 4.16. The van der Waals surface area contributed by atoms with Gasteiger partial charge in [-0.1, -0.05) is 20.8 Å². The first kappa shape index (κ1) is 22.5. The number of hydrogen-bond donors (Lipinski definition) is 2. The average molecular weight is 447 g/mol. The Morgan fingerprint density at radius 2 is 1.84 bits per heavy atom. The maximum atomic E-state index is 14.0. The van der Waals surface area contributed by atoms with Crippen molar-refractivity contribution in [3.05, 3.63) is 34.5 Å². The number of nitrogens with one attached hydrogen (secondary N) is 2. The third-order valence-corrected chi connectivity index (χ3v) is 6.20. The number of fused-ring (bicyclic) bond motifs is 1. The van der Waals surface area contributed by atoms with Crippen molar-refractivity contribution < 1.29 is 18.7 Å². The molecular formula is C23H31FN4O4. The quantitative estimate of drug-likeness (QED) is 0.738. The molecule has 1 aliphatic carbocycles. The molecule has 2 fully saturated rings. The van der Waals surface area contributed by atoms with Crippen molar-refractivity contribution in [1.82, 2.24) is 19.8 Å². The van der Waals surface area contributed by atoms with Crippen LogP contribution in [-0.4, -0.2) is 46.4 Å². The van der Waals surface area contributed by atoms with Gasteiger partial charge in [0.1, 0.15) is 11.9 Å². The van der Waals surface area contributed by atoms with Gasteiger partial charge in [0.05, 0.1) is 11.0 Å². The van der Waals surface area contributed by atoms with E-state index in [4.69, 9.17) is 4.74 Å². The summed E-state index contributed by atoms with van der Waals surface area (Å²) in [7, 11) is 0. The summed E-state index contributed by atoms with van der Waals surface area (Å²) in [5.41, 5.74) is -0.419. The molecule has 0 bridgehead atoms. The summed E-state index contributed by atoms with van der Waals surface area (Å²) in [4.78, 5) is 39.4. The van der Waals surface area contributed by atoms with Crippen molar-refractivity contribution in [1.29, 1.82) is 0 Å². The van der Waals surface area contributed by atoms with E-state index in [2.05, 4.69) is 10.6 Å². The highest BCUT2D eigenvalue weighted by atomic mass is 19.1. The molecule has 2 amide bonds. The number of aromatic nitrogens is 2. The van der Waals surface area contributed by atoms with E-state index in [1.807, 2.05) is 20.8 Å². The highest BCUT2D eigenvalue weighted by Crippen LogP contribution is 2.24. The first-order valence-electron chi connectivity index (χ1n) is 11.2. The van der Waals surface area contributed by atoms with Crippen LogP contribution in [0.4, 0.5) is 9.18 Å². The van der Waals surface area contributed by atoms with E-state index < -0.39 is 29.0 Å². The van der Waals surface area contributed by atoms with Gasteiger partial charge < -0.3 is 15.4 Å². The molecule has 2 aliphatic rings. The van der Waals surface area contributed by atoms with Crippen molar-refractivity contribution in [2.75, 3.05) is 13.2 Å². The minimum absolute atomic E-state index is 0.149. The molecule has 1 atom stereocenters. The van der Waals surface area contributed by atoms with Crippen LogP contribution in [0.15, 0.2) is 23.0 Å². The van der Waals surface area contributed by atoms with Gasteiger partial charge in [0.2, 0.25) is 5.91 Å². The van der Waals surface area contributed by atoms with E-state index in [1.54, 1.807) is 0 Å². The second-order valence-corrected chi connectivity index (χ2v) is 9.95. The number of amides is 2. The third kappa shape index (κ3) is 4.72. The lowest BCUT2D eigenvalue weighted by Gasteiger charge is -2.30. The molecule has 174 valence electrons. The van der Waals surface area contributed by atoms with Gasteiger partial charge >= 0.3 is 11.7 Å². The number of halogens is 1. The second-order valence-electron chi connectivity index (χ2n) is 9.95. The lowest BCUT2D eigenvalue weighted by molar-refractivity contribution is -0.125. The van der Waals surface area contributed by atoms with Gasteiger partial charge in [-0.25, -0.2) is 18.5 Å². The van der Waals surface area contributed by atoms with Crippen molar-refractivity contribution >= 4 is 23.0 Å². The van der Waals surface area contributed by atoms with Gasteiger partial charge in [0.15, 0.2) is 0 Å². The zero-order valence-corrected chi connectivity index (χ0v) is 18.8. The van der Waals surface area contributed by atoms with Crippen molar-refractivity contribution in [2.24, 2.45) is 11.3 Å². The van der Waals surface area contributed by atoms with E-state index in [9.17, 15) is 18.8 Å². The summed E-state index contributed by atoms with van der Waals surface area (Å²) < 4.78 is 21.9. The molecule has 0 unspecified atom stereocenters. The molecule has 0 spiro atoms. The summed E-state index contributed by atoms with van der Waals surface area (Å²) >= 11 is 0. The van der Waals surface area contributed by atoms with E-state index in [0.717, 1.165) is 30.3 Å². The minimum Gasteiger partial charge on any atom is -0.381 e. The highest BCUT2D eigenvalue weighted by molar-refractivity contribution is 5.93. The van der Waals surface area contributed by atoms with Crippen molar-refractivity contribution in [2.45, 2.75) is 65.1 Å². The van der Waals surface area contributed by atoms with Gasteiger partial charge in [-0.05, 0) is 55.2 Å². The molecule has 2 N–H and O–H groups in total. The average Bonchev–Trinajstić information content (AvgIpc) is 3.50. The maximum absolute atomic E-state index is 14.0. The summed E-state index contributed by atoms with van der Waals surface area (Å²) in [6.07, 6.45) is 3.46. The number of hydrogen-bond acceptors (Lipinski definition) is 4. The third-order valence-electron chi connectivity index (χ3n) is 6.20. The SMILES string of the molecule is CC(C)(C)[C@H](NC(=O)n1c(=O)n(CC2CCOCC2)c2cc(F)ccc21)C(=O)NC1CC1. The Labute approximate surface area is 186 Å². The topological polar surface area (TPSA) is 94.4 Å². The molecule has 1 aromatic carbocycles. The number of carbonyl (C=O) groups excluding carboxylic acids is 2. The predicted octanol–water partition coefficient (Wildman–Crippen LogP) is 2.62. The summed E-state index contributed by atoms with van der Waals surface area (Å²) in [6.45, 7) is 7.20. The Morgan fingerprint density at radius 1 is 1.16 bits per heavy atom. The van der Waals surface area contributed by atoms with Crippen LogP contribution in [0.2, 0.25) is 0 Å². The van der Waals surface area contributed by atoms with Crippen LogP contribution < -0.4 is 16.3 Å². The first-order chi connectivity index (χ1) is 15.1. The molecule has 4 rings (SSSR count). The van der Waals surface area contributed by atoms with Gasteiger partial charge in [-0.15, -0.1) is 0 Å². The molecule has 0 radical (unpaired) electrons. The van der Waals surface area contributed by atoms with Crippen LogP contribution in [0.25, 0.3) is 11.0 Å². The van der Waals surface area contributed by atoms with Crippen molar-refractivity contribution in [3.8, 4) is 0 Å². The smallest absolute Gasteiger partial charge is 0.337 e. The van der Waals surface area contributed by atoms with E-state index >= 15 is 0 Å². The standard InChI is InChI=1S/C23H31FN4O4/c1-23(2,3)19(20(29)25-16-5-6-16)26-21(30)28-17-7-4-15(24)12-18(17)27(22(28)31)13-14-8-10-32-11-9-14/h4,7,12,14,16,19H,5-6,8-11,13H2,1-3H3,(H,25,29)(H,26,30)/t19-/m1/s1. The van der Waals surface area contributed by atoms with Crippen LogP contribution >= 0.6 is 0 Å². The van der Waals surface area contributed by atoms with Gasteiger partial charge in [-0.3, -0.25) is 9.36 Å². The van der Waals surface area contributed by atoms with Crippen molar-refractivity contribution in [3.63, 3.8) is 0 Å². The van der Waals surface area contributed by atoms with Gasteiger partial charge in [0.25, 0.3) is 0 Å². The molecule has 2 aromatic rings. The number of imidazole rings is 1. The fourth-order valence-electron chi connectivity index (χ4n) is 4.16. The largest absolute Gasteiger partial charge is 0.381 e. The Hall–Kier alpha value is -2.68. The highest BCUT2D eigenvalue weighted by Gasteiger charge is 2.36. The van der Waals surface area contributed by atoms with Crippen LogP contribution in [-0.2, 0) is 16.1 Å². The van der Waals surface area contributed by atoms with E-state index in [1.165, 1.54) is 22.8 Å². The molecular weight excluding hydrogens is 415 g/mol. The zero-order valence-electron chi connectivity index (χ0n) is 18.8. The number of benzene rings is 1. The first-order valence-corrected chi connectivity index (χ1v) is 11.2. The zero-order chi connectivity index (χ0) is 23.0. The molecule has 1 aliphatic heterocycles. The Balaban J connectivity index is 1.67. The van der Waals surface area contributed by atoms with Gasteiger partial charge in [-0.2, -0.15) is 0 Å². The minimum atomic E-state index is -0.822. The summed E-state index contributed by atoms with van der Waals surface area (Å²) in [5, 5.41) is 5.68. The number of carbonyl (C=O) groups is 2. The number of ether oxygens (including phenoxy) is 1. The molecule has 8 nitrogen and oxygen atoms in total. The van der Waals surface area contributed by atoms with Crippen LogP contribution in [0.1, 0.15) is 46.5 Å². The van der Waals surface area contributed by atoms with E-state index in [0.29, 0.717) is 30.8 Å². The Bertz CT molecular complexity index is 1070. The molecule has 32 heavy (non-hydrogen) atoms. The molecule has 1 aromatic heterocycles. The fraction of sp³-hybridized carbons (Fsp3) is 0.609. The lowest BCUT2D eigenvalue weighted by atomic mass is 9.86. The van der Waals surface area contributed by atoms with Crippen LogP contribution in [0.3, 0.4) is 0 Å². The maximum Gasteiger partial charge on any atom is 0.337 e. The Kier molecular flexibility index (Phi) is 6.11. The normalized spacial score (nSPS) is 18.5. The summed E-state index contributed by atoms with van der Waals surface area (Å²) in [6, 6.07) is 2.57. The predicted molar refractivity (Wildman–Crippen MR) is 118 cm³/mol. The van der Waals surface area contributed by atoms with Crippen LogP contribution in [0, 0.1) is 17.2 Å². The number of rotatable bonds is 5. The molecule has 1 saturated heterocycles. The molecule has 1 saturated carbocycles. The number of nitrogens with zero attached hydrogens (tertiary/aromatic N) is 2. The summed E-state index contributed by atoms with van der Waals surface area (Å²) in [5.74, 6) is -0.538. The lowest BCUT2D eigenvalue weighted by Crippen LogP contribution is -2.55. The Morgan fingerprint density at radius 3 is 2.47 bits per heavy atom. The molecule has 9 heteroatoms. The van der Waals surface area contributed by atoms with Gasteiger partial charge in [0, 0.05) is 25.8 Å². The van der Waals surface area contributed by atoms with E-state index in [-0.39, 0.29) is 17.9 Å². The van der Waals surface area contributed by atoms with Crippen LogP contribution in [0.5, 0.6) is 0 Å². The monoisotopic (exact) mass is 446 g/mol. The molecule has 2 heterocycles. The second kappa shape index (κ2) is 8.69.